The van der Waals surface area contributed by atoms with Gasteiger partial charge in [0.2, 0.25) is 0 Å². The average molecular weight is 349 g/mol. The number of carbonyl (C=O) groups excluding carboxylic acids is 1. The van der Waals surface area contributed by atoms with Gasteiger partial charge >= 0.3 is 5.97 Å². The van der Waals surface area contributed by atoms with Crippen molar-refractivity contribution in [2.24, 2.45) is 0 Å². The number of hydrogen-bond acceptors (Lipinski definition) is 3. The van der Waals surface area contributed by atoms with Gasteiger partial charge in [0.25, 0.3) is 0 Å². The highest BCUT2D eigenvalue weighted by Crippen LogP contribution is 2.09. The molecule has 1 aromatic carbocycles. The largest absolute Gasteiger partial charge is 0.460 e. The van der Waals surface area contributed by atoms with Gasteiger partial charge in [0, 0.05) is 6.61 Å². The van der Waals surface area contributed by atoms with Crippen molar-refractivity contribution in [1.29, 1.82) is 0 Å². The minimum absolute atomic E-state index is 0.262. The molecule has 1 aromatic rings. The zero-order valence-electron chi connectivity index (χ0n) is 16.2. The molecule has 0 bridgehead atoms. The maximum absolute atomic E-state index is 12.0. The van der Waals surface area contributed by atoms with Crippen molar-refractivity contribution in [2.75, 3.05) is 19.8 Å². The molecule has 0 saturated carbocycles. The number of carbonyl (C=O) groups is 1. The molecule has 1 rings (SSSR count). The highest BCUT2D eigenvalue weighted by Gasteiger charge is 2.06. The lowest BCUT2D eigenvalue weighted by molar-refractivity contribution is 0.0312. The molecule has 3 heteroatoms. The molecule has 0 spiro atoms. The first-order valence-electron chi connectivity index (χ1n) is 10.1. The van der Waals surface area contributed by atoms with Crippen LogP contribution < -0.4 is 0 Å². The molecule has 142 valence electrons. The summed E-state index contributed by atoms with van der Waals surface area (Å²) in [4.78, 5) is 12.0. The highest BCUT2D eigenvalue weighted by atomic mass is 16.6. The summed E-state index contributed by atoms with van der Waals surface area (Å²) < 4.78 is 10.8. The standard InChI is InChI=1S/C22H36O3/c1-3-5-7-8-9-10-11-17-24-18-19-25-22(23)21-15-13-20(14-16-21)12-6-4-2/h13-16H,3-12,17-19H2,1-2H3. The van der Waals surface area contributed by atoms with Gasteiger partial charge in [-0.1, -0.05) is 70.9 Å². The Bertz CT molecular complexity index is 439. The third-order valence-corrected chi connectivity index (χ3v) is 4.36. The topological polar surface area (TPSA) is 35.5 Å². The smallest absolute Gasteiger partial charge is 0.338 e. The zero-order chi connectivity index (χ0) is 18.2. The number of hydrogen-bond donors (Lipinski definition) is 0. The van der Waals surface area contributed by atoms with Gasteiger partial charge in [0.15, 0.2) is 0 Å². The van der Waals surface area contributed by atoms with Gasteiger partial charge in [-0.2, -0.15) is 0 Å². The average Bonchev–Trinajstić information content (AvgIpc) is 2.64. The van der Waals surface area contributed by atoms with E-state index in [0.717, 1.165) is 19.4 Å². The first-order chi connectivity index (χ1) is 12.3. The van der Waals surface area contributed by atoms with Crippen molar-refractivity contribution in [3.05, 3.63) is 35.4 Å². The summed E-state index contributed by atoms with van der Waals surface area (Å²) in [6, 6.07) is 7.74. The van der Waals surface area contributed by atoms with E-state index in [1.165, 1.54) is 56.9 Å². The van der Waals surface area contributed by atoms with Crippen LogP contribution in [0.2, 0.25) is 0 Å². The van der Waals surface area contributed by atoms with E-state index in [0.29, 0.717) is 18.8 Å². The fourth-order valence-corrected chi connectivity index (χ4v) is 2.73. The summed E-state index contributed by atoms with van der Waals surface area (Å²) >= 11 is 0. The van der Waals surface area contributed by atoms with Gasteiger partial charge < -0.3 is 9.47 Å². The van der Waals surface area contributed by atoms with Crippen LogP contribution in [0, 0.1) is 0 Å². The first kappa shape index (κ1) is 21.7. The van der Waals surface area contributed by atoms with E-state index in [2.05, 4.69) is 13.8 Å². The highest BCUT2D eigenvalue weighted by molar-refractivity contribution is 5.89. The van der Waals surface area contributed by atoms with Gasteiger partial charge in [-0.25, -0.2) is 4.79 Å². The summed E-state index contributed by atoms with van der Waals surface area (Å²) in [5, 5.41) is 0. The Labute approximate surface area is 154 Å². The molecule has 0 heterocycles. The lowest BCUT2D eigenvalue weighted by Gasteiger charge is -2.07. The molecule has 0 amide bonds. The Hall–Kier alpha value is -1.35. The molecule has 0 fully saturated rings. The molecular weight excluding hydrogens is 312 g/mol. The summed E-state index contributed by atoms with van der Waals surface area (Å²) in [6.45, 7) is 5.99. The van der Waals surface area contributed by atoms with Crippen molar-refractivity contribution in [2.45, 2.75) is 78.1 Å². The van der Waals surface area contributed by atoms with E-state index in [4.69, 9.17) is 9.47 Å². The third-order valence-electron chi connectivity index (χ3n) is 4.36. The molecule has 25 heavy (non-hydrogen) atoms. The van der Waals surface area contributed by atoms with Crippen molar-refractivity contribution in [3.8, 4) is 0 Å². The van der Waals surface area contributed by atoms with E-state index in [9.17, 15) is 4.79 Å². The molecule has 0 radical (unpaired) electrons. The summed E-state index contributed by atoms with van der Waals surface area (Å²) in [5.74, 6) is -0.262. The Morgan fingerprint density at radius 3 is 2.08 bits per heavy atom. The van der Waals surface area contributed by atoms with Crippen LogP contribution >= 0.6 is 0 Å². The van der Waals surface area contributed by atoms with Crippen LogP contribution in [-0.4, -0.2) is 25.8 Å². The molecular formula is C22H36O3. The first-order valence-corrected chi connectivity index (χ1v) is 10.1. The monoisotopic (exact) mass is 348 g/mol. The summed E-state index contributed by atoms with van der Waals surface area (Å²) in [5.41, 5.74) is 1.89. The number of benzene rings is 1. The molecule has 0 atom stereocenters. The summed E-state index contributed by atoms with van der Waals surface area (Å²) in [6.07, 6.45) is 12.4. The van der Waals surface area contributed by atoms with Crippen LogP contribution in [0.5, 0.6) is 0 Å². The van der Waals surface area contributed by atoms with Crippen LogP contribution in [0.3, 0.4) is 0 Å². The van der Waals surface area contributed by atoms with Gasteiger partial charge in [0.05, 0.1) is 12.2 Å². The Kier molecular flexibility index (Phi) is 13.0. The van der Waals surface area contributed by atoms with E-state index < -0.39 is 0 Å². The number of esters is 1. The quantitative estimate of drug-likeness (QED) is 0.290. The maximum atomic E-state index is 12.0. The molecule has 0 aliphatic carbocycles. The number of rotatable bonds is 15. The Morgan fingerprint density at radius 1 is 0.760 bits per heavy atom. The second-order valence-electron chi connectivity index (χ2n) is 6.67. The van der Waals surface area contributed by atoms with Gasteiger partial charge in [-0.3, -0.25) is 0 Å². The van der Waals surface area contributed by atoms with Crippen molar-refractivity contribution in [1.82, 2.24) is 0 Å². The van der Waals surface area contributed by atoms with Crippen LogP contribution in [0.1, 0.15) is 87.6 Å². The lowest BCUT2D eigenvalue weighted by atomic mass is 10.1. The minimum atomic E-state index is -0.262. The summed E-state index contributed by atoms with van der Waals surface area (Å²) in [7, 11) is 0. The lowest BCUT2D eigenvalue weighted by Crippen LogP contribution is -2.11. The predicted octanol–water partition coefficient (Wildman–Crippen LogP) is 5.95. The third kappa shape index (κ3) is 11.0. The van der Waals surface area contributed by atoms with Crippen molar-refractivity contribution >= 4 is 5.97 Å². The van der Waals surface area contributed by atoms with E-state index in [-0.39, 0.29) is 5.97 Å². The normalized spacial score (nSPS) is 10.8. The van der Waals surface area contributed by atoms with Crippen molar-refractivity contribution < 1.29 is 14.3 Å². The van der Waals surface area contributed by atoms with Gasteiger partial charge in [-0.05, 0) is 37.0 Å². The van der Waals surface area contributed by atoms with Crippen LogP contribution in [0.25, 0.3) is 0 Å². The van der Waals surface area contributed by atoms with E-state index in [1.54, 1.807) is 0 Å². The number of ether oxygens (including phenoxy) is 2. The number of unbranched alkanes of at least 4 members (excludes halogenated alkanes) is 7. The molecule has 0 aromatic heterocycles. The molecule has 0 unspecified atom stereocenters. The van der Waals surface area contributed by atoms with Gasteiger partial charge in [-0.15, -0.1) is 0 Å². The molecule has 0 saturated heterocycles. The van der Waals surface area contributed by atoms with Crippen LogP contribution in [0.4, 0.5) is 0 Å². The van der Waals surface area contributed by atoms with E-state index in [1.807, 2.05) is 24.3 Å². The second-order valence-corrected chi connectivity index (χ2v) is 6.67. The Balaban J connectivity index is 2.01. The second kappa shape index (κ2) is 14.9. The van der Waals surface area contributed by atoms with Crippen LogP contribution in [0.15, 0.2) is 24.3 Å². The van der Waals surface area contributed by atoms with Crippen molar-refractivity contribution in [3.63, 3.8) is 0 Å². The van der Waals surface area contributed by atoms with Crippen LogP contribution in [-0.2, 0) is 15.9 Å². The molecule has 3 nitrogen and oxygen atoms in total. The Morgan fingerprint density at radius 2 is 1.40 bits per heavy atom. The molecule has 0 aliphatic rings. The maximum Gasteiger partial charge on any atom is 0.338 e. The van der Waals surface area contributed by atoms with Gasteiger partial charge in [0.1, 0.15) is 6.61 Å². The fraction of sp³-hybridized carbons (Fsp3) is 0.682. The predicted molar refractivity (Wildman–Crippen MR) is 104 cm³/mol. The number of aryl methyl sites for hydroxylation is 1. The zero-order valence-corrected chi connectivity index (χ0v) is 16.2. The molecule has 0 aliphatic heterocycles. The molecule has 0 N–H and O–H groups in total. The minimum Gasteiger partial charge on any atom is -0.460 e. The SMILES string of the molecule is CCCCCCCCCOCCOC(=O)c1ccc(CCCC)cc1. The fourth-order valence-electron chi connectivity index (χ4n) is 2.73. The van der Waals surface area contributed by atoms with E-state index >= 15 is 0 Å².